The number of nitrogens with zero attached hydrogens (tertiary/aromatic N) is 3. The molecule has 1 fully saturated rings. The minimum Gasteiger partial charge on any atom is -0.496 e. The van der Waals surface area contributed by atoms with Crippen LogP contribution in [-0.4, -0.2) is 46.0 Å². The van der Waals surface area contributed by atoms with Crippen molar-refractivity contribution in [1.29, 1.82) is 0 Å². The van der Waals surface area contributed by atoms with Crippen molar-refractivity contribution < 1.29 is 13.9 Å². The molecule has 1 N–H and O–H groups in total. The second-order valence-electron chi connectivity index (χ2n) is 8.21. The lowest BCUT2D eigenvalue weighted by Crippen LogP contribution is -2.39. The molecular weight excluding hydrogens is 440 g/mol. The molecule has 9 heteroatoms. The first-order valence-corrected chi connectivity index (χ1v) is 11.7. The minimum atomic E-state index is -0.216. The van der Waals surface area contributed by atoms with Crippen molar-refractivity contribution in [3.05, 3.63) is 74.8 Å². The minimum absolute atomic E-state index is 0.0327. The number of nitrogens with one attached hydrogen (secondary N) is 1. The van der Waals surface area contributed by atoms with E-state index in [1.54, 1.807) is 13.3 Å². The van der Waals surface area contributed by atoms with E-state index in [2.05, 4.69) is 15.0 Å². The van der Waals surface area contributed by atoms with Crippen LogP contribution >= 0.6 is 11.3 Å². The van der Waals surface area contributed by atoms with Crippen LogP contribution in [0.2, 0.25) is 0 Å². The smallest absolute Gasteiger partial charge is 0.264 e. The summed E-state index contributed by atoms with van der Waals surface area (Å²) < 4.78 is 11.5. The Balaban J connectivity index is 1.33. The predicted molar refractivity (Wildman–Crippen MR) is 125 cm³/mol. The Morgan fingerprint density at radius 2 is 2.18 bits per heavy atom. The fourth-order valence-electron chi connectivity index (χ4n) is 4.42. The zero-order chi connectivity index (χ0) is 22.9. The van der Waals surface area contributed by atoms with Gasteiger partial charge in [-0.2, -0.15) is 0 Å². The molecular formula is C24H24N4O4S. The van der Waals surface area contributed by atoms with Gasteiger partial charge in [0.05, 0.1) is 35.8 Å². The highest BCUT2D eigenvalue weighted by atomic mass is 32.1. The Hall–Kier alpha value is -3.46. The van der Waals surface area contributed by atoms with Crippen LogP contribution in [0, 0.1) is 6.92 Å². The van der Waals surface area contributed by atoms with Crippen LogP contribution in [0.1, 0.15) is 51.2 Å². The van der Waals surface area contributed by atoms with E-state index in [9.17, 15) is 9.59 Å². The van der Waals surface area contributed by atoms with Crippen LogP contribution in [0.5, 0.6) is 5.75 Å². The van der Waals surface area contributed by atoms with E-state index in [0.717, 1.165) is 29.9 Å². The van der Waals surface area contributed by atoms with Gasteiger partial charge in [0.25, 0.3) is 11.5 Å². The van der Waals surface area contributed by atoms with E-state index in [1.807, 2.05) is 36.1 Å². The van der Waals surface area contributed by atoms with E-state index in [4.69, 9.17) is 9.15 Å². The third kappa shape index (κ3) is 4.04. The van der Waals surface area contributed by atoms with Crippen LogP contribution in [0.4, 0.5) is 0 Å². The summed E-state index contributed by atoms with van der Waals surface area (Å²) in [6.45, 7) is 3.01. The van der Waals surface area contributed by atoms with Crippen LogP contribution in [0.25, 0.3) is 10.2 Å². The maximum Gasteiger partial charge on any atom is 0.264 e. The zero-order valence-corrected chi connectivity index (χ0v) is 19.3. The summed E-state index contributed by atoms with van der Waals surface area (Å²) in [6.07, 6.45) is 5.50. The molecule has 4 heterocycles. The second kappa shape index (κ2) is 8.82. The van der Waals surface area contributed by atoms with E-state index < -0.39 is 0 Å². The first kappa shape index (κ1) is 21.4. The summed E-state index contributed by atoms with van der Waals surface area (Å²) in [5, 5.41) is 0.494. The molecule has 8 nitrogen and oxygen atoms in total. The number of hydrogen-bond donors (Lipinski definition) is 1. The summed E-state index contributed by atoms with van der Waals surface area (Å²) in [5.41, 5.74) is 1.50. The van der Waals surface area contributed by atoms with E-state index in [-0.39, 0.29) is 17.4 Å². The molecule has 1 aliphatic rings. The highest BCUT2D eigenvalue weighted by Gasteiger charge is 2.30. The van der Waals surface area contributed by atoms with Crippen molar-refractivity contribution in [3.63, 3.8) is 0 Å². The summed E-state index contributed by atoms with van der Waals surface area (Å²) in [6, 6.07) is 7.84. The number of carbonyl (C=O) groups is 1. The first-order valence-electron chi connectivity index (χ1n) is 10.9. The molecule has 1 aliphatic heterocycles. The maximum absolute atomic E-state index is 13.3. The quantitative estimate of drug-likeness (QED) is 0.481. The fourth-order valence-corrected chi connectivity index (χ4v) is 5.54. The number of para-hydroxylation sites is 1. The number of fused-ring (bicyclic) bond motifs is 1. The molecule has 0 radical (unpaired) electrons. The van der Waals surface area contributed by atoms with Crippen molar-refractivity contribution in [2.75, 3.05) is 20.2 Å². The van der Waals surface area contributed by atoms with Crippen molar-refractivity contribution in [3.8, 4) is 5.75 Å². The molecule has 1 aromatic carbocycles. The van der Waals surface area contributed by atoms with Crippen LogP contribution in [0.15, 0.2) is 46.0 Å². The number of benzene rings is 1. The van der Waals surface area contributed by atoms with E-state index in [1.165, 1.54) is 17.7 Å². The number of hydrogen-bond acceptors (Lipinski definition) is 7. The van der Waals surface area contributed by atoms with Gasteiger partial charge in [-0.15, -0.1) is 11.3 Å². The monoisotopic (exact) mass is 464 g/mol. The zero-order valence-electron chi connectivity index (χ0n) is 18.5. The van der Waals surface area contributed by atoms with Gasteiger partial charge < -0.3 is 19.0 Å². The number of likely N-dealkylation sites (tertiary alicyclic amines) is 1. The van der Waals surface area contributed by atoms with E-state index in [0.29, 0.717) is 46.1 Å². The van der Waals surface area contributed by atoms with Crippen LogP contribution < -0.4 is 10.3 Å². The average molecular weight is 465 g/mol. The van der Waals surface area contributed by atoms with Crippen molar-refractivity contribution in [2.45, 2.75) is 32.1 Å². The molecule has 3 aromatic heterocycles. The van der Waals surface area contributed by atoms with Gasteiger partial charge in [-0.3, -0.25) is 9.59 Å². The molecule has 1 atom stereocenters. The number of oxazole rings is 1. The normalized spacial score (nSPS) is 16.3. The molecule has 1 amide bonds. The van der Waals surface area contributed by atoms with Crippen LogP contribution in [0.3, 0.4) is 0 Å². The van der Waals surface area contributed by atoms with Gasteiger partial charge >= 0.3 is 0 Å². The molecule has 0 saturated carbocycles. The van der Waals surface area contributed by atoms with Gasteiger partial charge in [0.2, 0.25) is 0 Å². The number of aromatic nitrogens is 3. The molecule has 170 valence electrons. The average Bonchev–Trinajstić information content (AvgIpc) is 3.44. The highest BCUT2D eigenvalue weighted by Crippen LogP contribution is 2.32. The molecule has 0 unspecified atom stereocenters. The van der Waals surface area contributed by atoms with Gasteiger partial charge in [0.15, 0.2) is 5.89 Å². The number of methoxy groups -OCH3 is 1. The molecule has 1 saturated heterocycles. The molecule has 0 spiro atoms. The molecule has 5 rings (SSSR count). The second-order valence-corrected chi connectivity index (χ2v) is 9.21. The number of carbonyl (C=O) groups excluding carboxylic acids is 1. The first-order chi connectivity index (χ1) is 16.0. The van der Waals surface area contributed by atoms with Crippen molar-refractivity contribution in [2.24, 2.45) is 0 Å². The Kier molecular flexibility index (Phi) is 5.72. The number of aryl methyl sites for hydroxylation is 1. The van der Waals surface area contributed by atoms with Gasteiger partial charge in [0, 0.05) is 25.1 Å². The fraction of sp³-hybridized carbons (Fsp3) is 0.333. The highest BCUT2D eigenvalue weighted by molar-refractivity contribution is 7.20. The number of H-pyrrole nitrogens is 1. The standard InChI is InChI=1S/C24H24N4O4S/c1-14-19-21(29)26-13-27-23(19)33-20(14)24(30)28-9-5-7-16(12-28)22-25-11-17(32-22)10-15-6-3-4-8-18(15)31-2/h3-4,6,8,11,13,16H,5,7,9-10,12H2,1-2H3,(H,26,27,29)/t16-/m0/s1. The topological polar surface area (TPSA) is 101 Å². The third-order valence-corrected chi connectivity index (χ3v) is 7.30. The Bertz CT molecular complexity index is 1370. The van der Waals surface area contributed by atoms with Gasteiger partial charge in [0.1, 0.15) is 16.3 Å². The predicted octanol–water partition coefficient (Wildman–Crippen LogP) is 3.90. The number of aromatic amines is 1. The van der Waals surface area contributed by atoms with Gasteiger partial charge in [-0.25, -0.2) is 9.97 Å². The lowest BCUT2D eigenvalue weighted by molar-refractivity contribution is 0.0702. The lowest BCUT2D eigenvalue weighted by Gasteiger charge is -2.31. The maximum atomic E-state index is 13.3. The third-order valence-electron chi connectivity index (χ3n) is 6.11. The van der Waals surface area contributed by atoms with Gasteiger partial charge in [-0.1, -0.05) is 18.2 Å². The van der Waals surface area contributed by atoms with E-state index >= 15 is 0 Å². The summed E-state index contributed by atoms with van der Waals surface area (Å²) >= 11 is 1.27. The lowest BCUT2D eigenvalue weighted by atomic mass is 9.97. The number of thiophene rings is 1. The Morgan fingerprint density at radius 1 is 1.33 bits per heavy atom. The molecule has 0 aliphatic carbocycles. The number of ether oxygens (including phenoxy) is 1. The Labute approximate surface area is 194 Å². The van der Waals surface area contributed by atoms with Crippen LogP contribution in [-0.2, 0) is 6.42 Å². The largest absolute Gasteiger partial charge is 0.496 e. The molecule has 0 bridgehead atoms. The molecule has 33 heavy (non-hydrogen) atoms. The summed E-state index contributed by atoms with van der Waals surface area (Å²) in [5.74, 6) is 2.20. The summed E-state index contributed by atoms with van der Waals surface area (Å²) in [7, 11) is 1.66. The molecule has 4 aromatic rings. The number of rotatable bonds is 5. The number of piperidine rings is 1. The Morgan fingerprint density at radius 3 is 3.00 bits per heavy atom. The van der Waals surface area contributed by atoms with Crippen molar-refractivity contribution in [1.82, 2.24) is 19.9 Å². The number of amides is 1. The SMILES string of the molecule is COc1ccccc1Cc1cnc([C@H]2CCCN(C(=O)c3sc4nc[nH]c(=O)c4c3C)C2)o1. The van der Waals surface area contributed by atoms with Crippen molar-refractivity contribution >= 4 is 27.5 Å². The van der Waals surface area contributed by atoms with Gasteiger partial charge in [-0.05, 0) is 31.4 Å². The summed E-state index contributed by atoms with van der Waals surface area (Å²) in [4.78, 5) is 39.8.